The fraction of sp³-hybridized carbons (Fsp3) is 0.250. The number of ether oxygens (including phenoxy) is 1. The van der Waals surface area contributed by atoms with E-state index in [1.807, 2.05) is 66.7 Å². The van der Waals surface area contributed by atoms with E-state index >= 15 is 0 Å². The largest absolute Gasteiger partial charge is 0.497 e. The summed E-state index contributed by atoms with van der Waals surface area (Å²) in [6.45, 7) is 2.05. The lowest BCUT2D eigenvalue weighted by Gasteiger charge is -2.14. The Balaban J connectivity index is 1.39. The van der Waals surface area contributed by atoms with Gasteiger partial charge in [0.15, 0.2) is 0 Å². The van der Waals surface area contributed by atoms with E-state index < -0.39 is 0 Å². The second kappa shape index (κ2) is 11.7. The maximum Gasteiger partial charge on any atom is 0.230 e. The molecule has 0 aromatic heterocycles. The molecular weight excluding hydrogens is 442 g/mol. The van der Waals surface area contributed by atoms with Crippen molar-refractivity contribution in [2.75, 3.05) is 12.9 Å². The lowest BCUT2D eigenvalue weighted by atomic mass is 10.1. The first-order valence-corrected chi connectivity index (χ1v) is 12.4. The molecule has 6 heteroatoms. The second-order valence-corrected chi connectivity index (χ2v) is 9.29. The van der Waals surface area contributed by atoms with Crippen LogP contribution in [0.1, 0.15) is 30.9 Å². The third kappa shape index (κ3) is 6.58. The van der Waals surface area contributed by atoms with Crippen molar-refractivity contribution >= 4 is 39.8 Å². The summed E-state index contributed by atoms with van der Waals surface area (Å²) < 4.78 is 5.29. The Hall–Kier alpha value is -3.38. The van der Waals surface area contributed by atoms with Crippen LogP contribution in [0.3, 0.4) is 0 Å². The van der Waals surface area contributed by atoms with Crippen molar-refractivity contribution in [1.29, 1.82) is 0 Å². The summed E-state index contributed by atoms with van der Waals surface area (Å²) in [4.78, 5) is 22.4. The summed E-state index contributed by atoms with van der Waals surface area (Å²) in [6.07, 6.45) is 2.42. The summed E-state index contributed by atoms with van der Waals surface area (Å²) in [5, 5.41) is 4.00. The quantitative estimate of drug-likeness (QED) is 0.430. The zero-order valence-electron chi connectivity index (χ0n) is 19.5. The number of carbonyl (C=O) groups excluding carboxylic acids is 1. The van der Waals surface area contributed by atoms with Crippen LogP contribution in [0.4, 0.5) is 11.4 Å². The number of nitrogens with one attached hydrogen (secondary N) is 1. The number of nitrogens with zero attached hydrogens (tertiary/aromatic N) is 2. The molecule has 0 saturated carbocycles. The number of fused-ring (bicyclic) bond motifs is 1. The van der Waals surface area contributed by atoms with Crippen LogP contribution in [-0.2, 0) is 11.2 Å². The topological polar surface area (TPSA) is 63.1 Å². The van der Waals surface area contributed by atoms with Crippen LogP contribution in [0.5, 0.6) is 5.75 Å². The number of para-hydroxylation sites is 2. The Bertz CT molecular complexity index is 1170. The van der Waals surface area contributed by atoms with Gasteiger partial charge in [-0.1, -0.05) is 42.5 Å². The van der Waals surface area contributed by atoms with Gasteiger partial charge in [-0.3, -0.25) is 9.79 Å². The number of aliphatic imine (C=N–C) groups is 2. The molecule has 0 spiro atoms. The highest BCUT2D eigenvalue weighted by molar-refractivity contribution is 8.14. The Morgan fingerprint density at radius 1 is 0.971 bits per heavy atom. The zero-order chi connectivity index (χ0) is 23.8. The van der Waals surface area contributed by atoms with Crippen molar-refractivity contribution in [3.8, 4) is 5.75 Å². The van der Waals surface area contributed by atoms with Crippen molar-refractivity contribution in [3.05, 3.63) is 90.0 Å². The molecule has 174 valence electrons. The molecule has 0 fully saturated rings. The first-order chi connectivity index (χ1) is 16.6. The second-order valence-electron chi connectivity index (χ2n) is 8.24. The van der Waals surface area contributed by atoms with Gasteiger partial charge in [0.1, 0.15) is 5.75 Å². The molecule has 3 aromatic rings. The number of benzene rings is 3. The Labute approximate surface area is 205 Å². The monoisotopic (exact) mass is 471 g/mol. The van der Waals surface area contributed by atoms with Crippen LogP contribution >= 0.6 is 11.8 Å². The summed E-state index contributed by atoms with van der Waals surface area (Å²) in [7, 11) is 1.66. The molecule has 1 atom stereocenters. The van der Waals surface area contributed by atoms with E-state index in [1.54, 1.807) is 7.11 Å². The molecule has 1 aliphatic rings. The minimum atomic E-state index is 0.0220. The number of amides is 1. The number of carbonyl (C=O) groups is 1. The fourth-order valence-corrected chi connectivity index (χ4v) is 4.54. The van der Waals surface area contributed by atoms with Crippen LogP contribution in [0.25, 0.3) is 0 Å². The van der Waals surface area contributed by atoms with Crippen molar-refractivity contribution in [2.45, 2.75) is 32.2 Å². The Morgan fingerprint density at radius 3 is 2.35 bits per heavy atom. The molecule has 0 aliphatic carbocycles. The van der Waals surface area contributed by atoms with Gasteiger partial charge in [0.05, 0.1) is 35.0 Å². The molecule has 1 amide bonds. The van der Waals surface area contributed by atoms with Crippen molar-refractivity contribution in [2.24, 2.45) is 9.98 Å². The Morgan fingerprint density at radius 2 is 1.65 bits per heavy atom. The number of methoxy groups -OCH3 is 1. The van der Waals surface area contributed by atoms with Crippen LogP contribution in [-0.4, -0.2) is 35.6 Å². The molecule has 5 nitrogen and oxygen atoms in total. The standard InChI is InChI=1S/C28H29N3O2S/c1-20(12-13-21-8-4-3-5-9-21)29-27(32)19-34-28-18-26(22-14-16-23(33-2)17-15-22)30-24-10-6-7-11-25(24)31-28/h3-11,14-17,20H,12-13,18-19H2,1-2H3,(H,29,32)/t20-/m0/s1. The summed E-state index contributed by atoms with van der Waals surface area (Å²) in [5.74, 6) is 1.15. The number of thioether (sulfide) groups is 1. The maximum absolute atomic E-state index is 12.6. The first-order valence-electron chi connectivity index (χ1n) is 11.5. The van der Waals surface area contributed by atoms with Crippen molar-refractivity contribution in [3.63, 3.8) is 0 Å². The molecule has 1 N–H and O–H groups in total. The highest BCUT2D eigenvalue weighted by atomic mass is 32.2. The van der Waals surface area contributed by atoms with E-state index in [1.165, 1.54) is 17.3 Å². The minimum Gasteiger partial charge on any atom is -0.497 e. The van der Waals surface area contributed by atoms with Crippen LogP contribution in [0, 0.1) is 0 Å². The van der Waals surface area contributed by atoms with Crippen LogP contribution in [0.15, 0.2) is 88.8 Å². The van der Waals surface area contributed by atoms with Gasteiger partial charge < -0.3 is 10.1 Å². The molecule has 3 aromatic carbocycles. The summed E-state index contributed by atoms with van der Waals surface area (Å²) in [5.41, 5.74) is 4.89. The molecule has 0 radical (unpaired) electrons. The van der Waals surface area contributed by atoms with Crippen molar-refractivity contribution < 1.29 is 9.53 Å². The fourth-order valence-electron chi connectivity index (χ4n) is 3.75. The van der Waals surface area contributed by atoms with E-state index in [2.05, 4.69) is 24.4 Å². The van der Waals surface area contributed by atoms with Gasteiger partial charge in [-0.05, 0) is 67.3 Å². The highest BCUT2D eigenvalue weighted by Gasteiger charge is 2.17. The normalized spacial score (nSPS) is 13.7. The summed E-state index contributed by atoms with van der Waals surface area (Å²) in [6, 6.07) is 26.2. The molecule has 1 aliphatic heterocycles. The number of aryl methyl sites for hydroxylation is 1. The zero-order valence-corrected chi connectivity index (χ0v) is 20.3. The maximum atomic E-state index is 12.6. The van der Waals surface area contributed by atoms with Crippen LogP contribution < -0.4 is 10.1 Å². The number of hydrogen-bond acceptors (Lipinski definition) is 5. The van der Waals surface area contributed by atoms with Crippen molar-refractivity contribution in [1.82, 2.24) is 5.32 Å². The van der Waals surface area contributed by atoms with Gasteiger partial charge in [0.2, 0.25) is 5.91 Å². The first kappa shape index (κ1) is 23.8. The summed E-state index contributed by atoms with van der Waals surface area (Å²) >= 11 is 1.48. The van der Waals surface area contributed by atoms with E-state index in [9.17, 15) is 4.79 Å². The third-order valence-corrected chi connectivity index (χ3v) is 6.59. The van der Waals surface area contributed by atoms with Gasteiger partial charge in [-0.25, -0.2) is 4.99 Å². The molecule has 34 heavy (non-hydrogen) atoms. The SMILES string of the molecule is COc1ccc(C2=Nc3ccccc3N=C(SCC(=O)N[C@@H](C)CCc3ccccc3)C2)cc1. The lowest BCUT2D eigenvalue weighted by molar-refractivity contribution is -0.119. The van der Waals surface area contributed by atoms with Crippen LogP contribution in [0.2, 0.25) is 0 Å². The average molecular weight is 472 g/mol. The molecule has 4 rings (SSSR count). The molecule has 0 unspecified atom stereocenters. The predicted molar refractivity (Wildman–Crippen MR) is 142 cm³/mol. The highest BCUT2D eigenvalue weighted by Crippen LogP contribution is 2.33. The van der Waals surface area contributed by atoms with Gasteiger partial charge >= 0.3 is 0 Å². The third-order valence-electron chi connectivity index (χ3n) is 5.61. The molecule has 0 bridgehead atoms. The van der Waals surface area contributed by atoms with Gasteiger partial charge in [0, 0.05) is 12.5 Å². The molecular formula is C28H29N3O2S. The predicted octanol–water partition coefficient (Wildman–Crippen LogP) is 6.12. The number of hydrogen-bond donors (Lipinski definition) is 1. The van der Waals surface area contributed by atoms with E-state index in [0.29, 0.717) is 12.2 Å². The molecule has 0 saturated heterocycles. The van der Waals surface area contributed by atoms with E-state index in [4.69, 9.17) is 14.7 Å². The molecule has 1 heterocycles. The smallest absolute Gasteiger partial charge is 0.230 e. The van der Waals surface area contributed by atoms with Gasteiger partial charge in [-0.15, -0.1) is 11.8 Å². The minimum absolute atomic E-state index is 0.0220. The lowest BCUT2D eigenvalue weighted by Crippen LogP contribution is -2.34. The van der Waals surface area contributed by atoms with Gasteiger partial charge in [-0.2, -0.15) is 0 Å². The van der Waals surface area contributed by atoms with E-state index in [-0.39, 0.29) is 11.9 Å². The van der Waals surface area contributed by atoms with E-state index in [0.717, 1.165) is 46.3 Å². The average Bonchev–Trinajstić information content (AvgIpc) is 3.06. The number of rotatable bonds is 8. The van der Waals surface area contributed by atoms with Gasteiger partial charge in [0.25, 0.3) is 0 Å². The Kier molecular flexibility index (Phi) is 8.15.